The third kappa shape index (κ3) is 7.22. The first-order chi connectivity index (χ1) is 18.7. The van der Waals surface area contributed by atoms with Gasteiger partial charge in [-0.05, 0) is 68.6 Å². The number of hydrogen-bond donors (Lipinski definition) is 2. The predicted octanol–water partition coefficient (Wildman–Crippen LogP) is 6.59. The molecule has 0 spiro atoms. The maximum absolute atomic E-state index is 13.2. The third-order valence-electron chi connectivity index (χ3n) is 7.15. The number of sulfonamides is 1. The molecular formula is C31H39ClN4O2S. The number of benzene rings is 4. The Bertz CT molecular complexity index is 1520. The monoisotopic (exact) mass is 566 g/mol. The molecule has 2 N–H and O–H groups in total. The summed E-state index contributed by atoms with van der Waals surface area (Å²) in [7, 11) is 0.289. The number of nitrogens with one attached hydrogen (secondary N) is 2. The summed E-state index contributed by atoms with van der Waals surface area (Å²) in [6.07, 6.45) is 2.03. The minimum Gasteiger partial charge on any atom is -0.382 e. The van der Waals surface area contributed by atoms with Gasteiger partial charge in [-0.2, -0.15) is 0 Å². The largest absolute Gasteiger partial charge is 0.382 e. The van der Waals surface area contributed by atoms with Gasteiger partial charge in [0.25, 0.3) is 0 Å². The number of anilines is 2. The molecule has 0 aliphatic carbocycles. The van der Waals surface area contributed by atoms with Gasteiger partial charge < -0.3 is 15.1 Å². The van der Waals surface area contributed by atoms with Crippen LogP contribution in [0.3, 0.4) is 0 Å². The highest BCUT2D eigenvalue weighted by Crippen LogP contribution is 2.30. The summed E-state index contributed by atoms with van der Waals surface area (Å²) >= 11 is 6.16. The van der Waals surface area contributed by atoms with E-state index in [2.05, 4.69) is 47.0 Å². The van der Waals surface area contributed by atoms with Gasteiger partial charge in [0.2, 0.25) is 10.0 Å². The summed E-state index contributed by atoms with van der Waals surface area (Å²) in [6.45, 7) is 7.13. The van der Waals surface area contributed by atoms with E-state index in [1.807, 2.05) is 67.5 Å². The molecule has 0 bridgehead atoms. The highest BCUT2D eigenvalue weighted by Gasteiger charge is 2.18. The van der Waals surface area contributed by atoms with Gasteiger partial charge in [0, 0.05) is 65.8 Å². The van der Waals surface area contributed by atoms with E-state index in [0.717, 1.165) is 58.5 Å². The standard InChI is InChI=1S/C31H39ClN4O2S/c1-5-36(20-9-10-23(2)34-29-14-6-11-24-22-25(32)17-18-26(24)29)21-19-33-39(37,38)31-16-8-12-27-28(31)13-7-15-30(27)35(3)4/h6-8,11-18,22-23,33-34H,5,9-10,19-21H2,1-4H3. The molecule has 0 fully saturated rings. The summed E-state index contributed by atoms with van der Waals surface area (Å²) in [5.74, 6) is 0. The predicted molar refractivity (Wildman–Crippen MR) is 167 cm³/mol. The molecular weight excluding hydrogens is 528 g/mol. The van der Waals surface area contributed by atoms with Gasteiger partial charge in [-0.3, -0.25) is 0 Å². The lowest BCUT2D eigenvalue weighted by Crippen LogP contribution is -2.35. The summed E-state index contributed by atoms with van der Waals surface area (Å²) < 4.78 is 29.3. The van der Waals surface area contributed by atoms with Crippen LogP contribution >= 0.6 is 11.6 Å². The number of fused-ring (bicyclic) bond motifs is 2. The first-order valence-electron chi connectivity index (χ1n) is 13.6. The van der Waals surface area contributed by atoms with Crippen molar-refractivity contribution in [2.45, 2.75) is 37.6 Å². The van der Waals surface area contributed by atoms with Gasteiger partial charge in [-0.1, -0.05) is 61.0 Å². The zero-order valence-electron chi connectivity index (χ0n) is 23.2. The van der Waals surface area contributed by atoms with Crippen LogP contribution in [0.4, 0.5) is 11.4 Å². The first kappa shape index (κ1) is 29.2. The molecule has 1 unspecified atom stereocenters. The Kier molecular flexibility index (Phi) is 9.72. The molecule has 0 heterocycles. The van der Waals surface area contributed by atoms with Crippen LogP contribution in [0.25, 0.3) is 21.5 Å². The SMILES string of the molecule is CCN(CCCC(C)Nc1cccc2cc(Cl)ccc12)CCNS(=O)(=O)c1cccc2c(N(C)C)cccc12. The minimum atomic E-state index is -3.64. The molecule has 39 heavy (non-hydrogen) atoms. The fraction of sp³-hybridized carbons (Fsp3) is 0.355. The summed E-state index contributed by atoms with van der Waals surface area (Å²) in [4.78, 5) is 4.62. The summed E-state index contributed by atoms with van der Waals surface area (Å²) in [6, 6.07) is 23.7. The average Bonchev–Trinajstić information content (AvgIpc) is 2.91. The van der Waals surface area contributed by atoms with Crippen molar-refractivity contribution < 1.29 is 8.42 Å². The van der Waals surface area contributed by atoms with Crippen molar-refractivity contribution in [3.63, 3.8) is 0 Å². The van der Waals surface area contributed by atoms with E-state index in [-0.39, 0.29) is 0 Å². The second-order valence-electron chi connectivity index (χ2n) is 10.2. The van der Waals surface area contributed by atoms with Crippen molar-refractivity contribution in [2.24, 2.45) is 0 Å². The normalized spacial score (nSPS) is 12.8. The van der Waals surface area contributed by atoms with Crippen molar-refractivity contribution in [1.82, 2.24) is 9.62 Å². The van der Waals surface area contributed by atoms with Gasteiger partial charge >= 0.3 is 0 Å². The fourth-order valence-electron chi connectivity index (χ4n) is 5.07. The minimum absolute atomic E-state index is 0.307. The van der Waals surface area contributed by atoms with Crippen LogP contribution in [0.1, 0.15) is 26.7 Å². The molecule has 0 aliphatic heterocycles. The van der Waals surface area contributed by atoms with E-state index in [0.29, 0.717) is 24.0 Å². The maximum Gasteiger partial charge on any atom is 0.241 e. The molecule has 4 aromatic carbocycles. The van der Waals surface area contributed by atoms with Crippen molar-refractivity contribution in [1.29, 1.82) is 0 Å². The molecule has 0 radical (unpaired) electrons. The van der Waals surface area contributed by atoms with E-state index in [1.165, 1.54) is 5.39 Å². The van der Waals surface area contributed by atoms with Gasteiger partial charge in [-0.15, -0.1) is 0 Å². The van der Waals surface area contributed by atoms with Gasteiger partial charge in [0.05, 0.1) is 4.90 Å². The molecule has 0 aromatic heterocycles. The van der Waals surface area contributed by atoms with E-state index >= 15 is 0 Å². The third-order valence-corrected chi connectivity index (χ3v) is 8.91. The number of rotatable bonds is 13. The first-order valence-corrected chi connectivity index (χ1v) is 15.4. The molecule has 0 saturated carbocycles. The Hall–Kier alpha value is -2.84. The van der Waals surface area contributed by atoms with Gasteiger partial charge in [0.1, 0.15) is 0 Å². The van der Waals surface area contributed by atoms with Gasteiger partial charge in [-0.25, -0.2) is 13.1 Å². The van der Waals surface area contributed by atoms with Crippen LogP contribution in [0.5, 0.6) is 0 Å². The van der Waals surface area contributed by atoms with Crippen molar-refractivity contribution in [3.8, 4) is 0 Å². The molecule has 4 rings (SSSR count). The average molecular weight is 567 g/mol. The highest BCUT2D eigenvalue weighted by atomic mass is 35.5. The number of likely N-dealkylation sites (N-methyl/N-ethyl adjacent to an activating group) is 1. The van der Waals surface area contributed by atoms with Crippen molar-refractivity contribution in [3.05, 3.63) is 77.8 Å². The molecule has 6 nitrogen and oxygen atoms in total. The Morgan fingerprint density at radius 3 is 2.41 bits per heavy atom. The molecule has 0 aliphatic rings. The molecule has 1 atom stereocenters. The summed E-state index contributed by atoms with van der Waals surface area (Å²) in [5.41, 5.74) is 2.11. The number of halogens is 1. The fourth-order valence-corrected chi connectivity index (χ4v) is 6.49. The lowest BCUT2D eigenvalue weighted by atomic mass is 10.1. The molecule has 4 aromatic rings. The Morgan fingerprint density at radius 1 is 0.897 bits per heavy atom. The quantitative estimate of drug-likeness (QED) is 0.191. The van der Waals surface area contributed by atoms with E-state index in [4.69, 9.17) is 11.6 Å². The van der Waals surface area contributed by atoms with Crippen LogP contribution in [0.2, 0.25) is 5.02 Å². The Labute approximate surface area is 238 Å². The number of hydrogen-bond acceptors (Lipinski definition) is 5. The zero-order chi connectivity index (χ0) is 28.0. The number of nitrogens with zero attached hydrogens (tertiary/aromatic N) is 2. The van der Waals surface area contributed by atoms with Crippen LogP contribution in [-0.4, -0.2) is 59.6 Å². The Balaban J connectivity index is 1.29. The van der Waals surface area contributed by atoms with Crippen LogP contribution in [0, 0.1) is 0 Å². The topological polar surface area (TPSA) is 64.7 Å². The summed E-state index contributed by atoms with van der Waals surface area (Å²) in [5, 5.41) is 8.34. The maximum atomic E-state index is 13.2. The van der Waals surface area contributed by atoms with Crippen LogP contribution < -0.4 is 14.9 Å². The lowest BCUT2D eigenvalue weighted by Gasteiger charge is -2.22. The van der Waals surface area contributed by atoms with Crippen molar-refractivity contribution >= 4 is 54.5 Å². The molecule has 0 saturated heterocycles. The smallest absolute Gasteiger partial charge is 0.241 e. The van der Waals surface area contributed by atoms with Crippen LogP contribution in [0.15, 0.2) is 77.7 Å². The second-order valence-corrected chi connectivity index (χ2v) is 12.4. The second kappa shape index (κ2) is 13.0. The molecule has 8 heteroatoms. The Morgan fingerprint density at radius 2 is 1.64 bits per heavy atom. The zero-order valence-corrected chi connectivity index (χ0v) is 24.8. The van der Waals surface area contributed by atoms with Gasteiger partial charge in [0.15, 0.2) is 0 Å². The van der Waals surface area contributed by atoms with Crippen molar-refractivity contribution in [2.75, 3.05) is 50.5 Å². The lowest BCUT2D eigenvalue weighted by molar-refractivity contribution is 0.285. The van der Waals surface area contributed by atoms with E-state index in [9.17, 15) is 8.42 Å². The van der Waals surface area contributed by atoms with E-state index in [1.54, 1.807) is 6.07 Å². The van der Waals surface area contributed by atoms with Crippen LogP contribution in [-0.2, 0) is 10.0 Å². The molecule has 208 valence electrons. The molecule has 0 amide bonds. The van der Waals surface area contributed by atoms with E-state index < -0.39 is 10.0 Å². The highest BCUT2D eigenvalue weighted by molar-refractivity contribution is 7.89.